The summed E-state index contributed by atoms with van der Waals surface area (Å²) in [5, 5.41) is 12.6. The first-order chi connectivity index (χ1) is 6.77. The van der Waals surface area contributed by atoms with E-state index >= 15 is 0 Å². The number of rotatable bonds is 4. The van der Waals surface area contributed by atoms with Gasteiger partial charge in [0.15, 0.2) is 0 Å². The largest absolute Gasteiger partial charge is 0.383 e. The first kappa shape index (κ1) is 10.9. The highest BCUT2D eigenvalue weighted by Crippen LogP contribution is 2.20. The van der Waals surface area contributed by atoms with Crippen LogP contribution in [0, 0.1) is 17.2 Å². The molecule has 1 aromatic rings. The van der Waals surface area contributed by atoms with E-state index in [0.717, 1.165) is 12.1 Å². The van der Waals surface area contributed by atoms with Gasteiger partial charge in [-0.2, -0.15) is 5.26 Å². The number of para-hydroxylation sites is 1. The zero-order valence-electron chi connectivity index (χ0n) is 8.13. The summed E-state index contributed by atoms with van der Waals surface area (Å²) in [5.41, 5.74) is 0.892. The molecule has 1 N–H and O–H groups in total. The quantitative estimate of drug-likeness (QED) is 0.824. The number of anilines is 1. The second-order valence-electron chi connectivity index (χ2n) is 3.10. The highest BCUT2D eigenvalue weighted by atomic mass is 35.5. The first-order valence-corrected chi connectivity index (χ1v) is 5.03. The monoisotopic (exact) mass is 208 g/mol. The van der Waals surface area contributed by atoms with E-state index in [9.17, 15) is 0 Å². The van der Waals surface area contributed by atoms with E-state index < -0.39 is 0 Å². The Morgan fingerprint density at radius 2 is 2.21 bits per heavy atom. The summed E-state index contributed by atoms with van der Waals surface area (Å²) in [4.78, 5) is 0. The zero-order valence-corrected chi connectivity index (χ0v) is 8.88. The van der Waals surface area contributed by atoms with Gasteiger partial charge in [0.05, 0.1) is 22.7 Å². The predicted molar refractivity (Wildman–Crippen MR) is 59.3 cm³/mol. The van der Waals surface area contributed by atoms with Crippen molar-refractivity contribution in [2.75, 3.05) is 11.9 Å². The number of benzene rings is 1. The summed E-state index contributed by atoms with van der Waals surface area (Å²) < 4.78 is 0. The van der Waals surface area contributed by atoms with Crippen LogP contribution in [0.25, 0.3) is 0 Å². The van der Waals surface area contributed by atoms with Gasteiger partial charge in [-0.1, -0.05) is 30.7 Å². The van der Waals surface area contributed by atoms with Crippen LogP contribution in [0.15, 0.2) is 24.3 Å². The van der Waals surface area contributed by atoms with Gasteiger partial charge >= 0.3 is 0 Å². The van der Waals surface area contributed by atoms with Crippen molar-refractivity contribution in [1.29, 1.82) is 5.26 Å². The third kappa shape index (κ3) is 2.93. The summed E-state index contributed by atoms with van der Waals surface area (Å²) in [6.07, 6.45) is 0.855. The van der Waals surface area contributed by atoms with Crippen LogP contribution < -0.4 is 5.32 Å². The fourth-order valence-corrected chi connectivity index (χ4v) is 1.32. The Morgan fingerprint density at radius 1 is 1.50 bits per heavy atom. The average molecular weight is 209 g/mol. The lowest BCUT2D eigenvalue weighted by molar-refractivity contribution is 0.674. The standard InChI is InChI=1S/C11H13ClN2/c1-2-9(7-13)8-14-11-6-4-3-5-10(11)12/h3-6,9,14H,2,8H2,1H3. The van der Waals surface area contributed by atoms with E-state index in [0.29, 0.717) is 11.6 Å². The molecule has 0 fully saturated rings. The number of nitriles is 1. The second kappa shape index (κ2) is 5.51. The Hall–Kier alpha value is -1.20. The molecule has 0 amide bonds. The maximum absolute atomic E-state index is 8.75. The summed E-state index contributed by atoms with van der Waals surface area (Å²) in [6, 6.07) is 9.78. The van der Waals surface area contributed by atoms with Crippen molar-refractivity contribution < 1.29 is 0 Å². The molecule has 0 spiro atoms. The van der Waals surface area contributed by atoms with Crippen molar-refractivity contribution in [1.82, 2.24) is 0 Å². The molecule has 0 aromatic heterocycles. The number of nitrogens with one attached hydrogen (secondary N) is 1. The molecular weight excluding hydrogens is 196 g/mol. The molecule has 1 rings (SSSR count). The van der Waals surface area contributed by atoms with E-state index in [2.05, 4.69) is 11.4 Å². The molecule has 0 bridgehead atoms. The van der Waals surface area contributed by atoms with Crippen LogP contribution in [0.5, 0.6) is 0 Å². The van der Waals surface area contributed by atoms with Crippen molar-refractivity contribution in [3.63, 3.8) is 0 Å². The van der Waals surface area contributed by atoms with Crippen molar-refractivity contribution in [3.8, 4) is 6.07 Å². The van der Waals surface area contributed by atoms with Gasteiger partial charge in [-0.25, -0.2) is 0 Å². The minimum atomic E-state index is 0.0475. The SMILES string of the molecule is CCC(C#N)CNc1ccccc1Cl. The van der Waals surface area contributed by atoms with E-state index in [1.165, 1.54) is 0 Å². The highest BCUT2D eigenvalue weighted by Gasteiger charge is 2.04. The molecule has 74 valence electrons. The van der Waals surface area contributed by atoms with Crippen LogP contribution >= 0.6 is 11.6 Å². The van der Waals surface area contributed by atoms with Crippen molar-refractivity contribution in [3.05, 3.63) is 29.3 Å². The molecule has 1 atom stereocenters. The highest BCUT2D eigenvalue weighted by molar-refractivity contribution is 6.33. The van der Waals surface area contributed by atoms with Crippen molar-refractivity contribution in [2.45, 2.75) is 13.3 Å². The molecule has 0 saturated carbocycles. The zero-order chi connectivity index (χ0) is 10.4. The second-order valence-corrected chi connectivity index (χ2v) is 3.50. The number of nitrogens with zero attached hydrogens (tertiary/aromatic N) is 1. The predicted octanol–water partition coefficient (Wildman–Crippen LogP) is 3.30. The minimum absolute atomic E-state index is 0.0475. The summed E-state index contributed by atoms with van der Waals surface area (Å²) in [6.45, 7) is 2.65. The lowest BCUT2D eigenvalue weighted by atomic mass is 10.1. The fourth-order valence-electron chi connectivity index (χ4n) is 1.12. The summed E-state index contributed by atoms with van der Waals surface area (Å²) in [5.74, 6) is 0.0475. The molecule has 3 heteroatoms. The van der Waals surface area contributed by atoms with Gasteiger partial charge in [0, 0.05) is 6.54 Å². The van der Waals surface area contributed by atoms with E-state index in [1.807, 2.05) is 31.2 Å². The molecule has 0 aliphatic rings. The van der Waals surface area contributed by atoms with E-state index in [4.69, 9.17) is 16.9 Å². The lowest BCUT2D eigenvalue weighted by Gasteiger charge is -2.10. The van der Waals surface area contributed by atoms with E-state index in [-0.39, 0.29) is 5.92 Å². The Kier molecular flexibility index (Phi) is 4.28. The van der Waals surface area contributed by atoms with Crippen molar-refractivity contribution in [2.24, 2.45) is 5.92 Å². The van der Waals surface area contributed by atoms with Crippen LogP contribution in [0.3, 0.4) is 0 Å². The molecule has 2 nitrogen and oxygen atoms in total. The molecule has 0 aliphatic heterocycles. The summed E-state index contributed by atoms with van der Waals surface area (Å²) >= 11 is 5.95. The van der Waals surface area contributed by atoms with Gasteiger partial charge in [0.2, 0.25) is 0 Å². The van der Waals surface area contributed by atoms with Gasteiger partial charge in [-0.15, -0.1) is 0 Å². The normalized spacial score (nSPS) is 11.8. The third-order valence-corrected chi connectivity index (χ3v) is 2.42. The fraction of sp³-hybridized carbons (Fsp3) is 0.364. The molecular formula is C11H13ClN2. The number of hydrogen-bond donors (Lipinski definition) is 1. The molecule has 0 saturated heterocycles. The maximum atomic E-state index is 8.75. The van der Waals surface area contributed by atoms with Crippen LogP contribution in [0.4, 0.5) is 5.69 Å². The van der Waals surface area contributed by atoms with Gasteiger partial charge in [-0.3, -0.25) is 0 Å². The molecule has 0 heterocycles. The molecule has 0 radical (unpaired) electrons. The maximum Gasteiger partial charge on any atom is 0.0674 e. The van der Waals surface area contributed by atoms with Crippen LogP contribution in [-0.2, 0) is 0 Å². The summed E-state index contributed by atoms with van der Waals surface area (Å²) in [7, 11) is 0. The minimum Gasteiger partial charge on any atom is -0.383 e. The molecule has 1 unspecified atom stereocenters. The number of halogens is 1. The van der Waals surface area contributed by atoms with E-state index in [1.54, 1.807) is 0 Å². The first-order valence-electron chi connectivity index (χ1n) is 4.66. The molecule has 1 aromatic carbocycles. The Balaban J connectivity index is 2.54. The Bertz CT molecular complexity index is 330. The van der Waals surface area contributed by atoms with Crippen molar-refractivity contribution >= 4 is 17.3 Å². The van der Waals surface area contributed by atoms with Crippen LogP contribution in [-0.4, -0.2) is 6.54 Å². The Morgan fingerprint density at radius 3 is 2.79 bits per heavy atom. The van der Waals surface area contributed by atoms with Crippen LogP contribution in [0.1, 0.15) is 13.3 Å². The number of hydrogen-bond acceptors (Lipinski definition) is 2. The van der Waals surface area contributed by atoms with Crippen LogP contribution in [0.2, 0.25) is 5.02 Å². The molecule has 14 heavy (non-hydrogen) atoms. The van der Waals surface area contributed by atoms with Gasteiger partial charge in [-0.05, 0) is 18.6 Å². The smallest absolute Gasteiger partial charge is 0.0674 e. The third-order valence-electron chi connectivity index (χ3n) is 2.09. The topological polar surface area (TPSA) is 35.8 Å². The Labute approximate surface area is 89.5 Å². The van der Waals surface area contributed by atoms with Gasteiger partial charge in [0.1, 0.15) is 0 Å². The van der Waals surface area contributed by atoms with Gasteiger partial charge in [0.25, 0.3) is 0 Å². The average Bonchev–Trinajstić information content (AvgIpc) is 2.22. The molecule has 0 aliphatic carbocycles. The lowest BCUT2D eigenvalue weighted by Crippen LogP contribution is -2.11. The van der Waals surface area contributed by atoms with Gasteiger partial charge < -0.3 is 5.32 Å².